The van der Waals surface area contributed by atoms with Gasteiger partial charge in [-0.3, -0.25) is 14.3 Å². The normalized spacial score (nSPS) is 35.1. The third-order valence-corrected chi connectivity index (χ3v) is 3.79. The highest BCUT2D eigenvalue weighted by Crippen LogP contribution is 2.42. The maximum absolute atomic E-state index is 11.9. The number of hydrogen-bond acceptors (Lipinski definition) is 6. The Labute approximate surface area is 120 Å². The molecule has 0 aliphatic carbocycles. The van der Waals surface area contributed by atoms with Crippen molar-refractivity contribution in [1.29, 1.82) is 0 Å². The Morgan fingerprint density at radius 1 is 1.35 bits per heavy atom. The van der Waals surface area contributed by atoms with E-state index in [1.807, 2.05) is 13.8 Å². The molecule has 1 N–H and O–H groups in total. The van der Waals surface area contributed by atoms with Crippen LogP contribution in [0.2, 0.25) is 0 Å². The van der Waals surface area contributed by atoms with Crippen molar-refractivity contribution < 1.29 is 14.2 Å². The number of aromatic nitrogens is 2. The number of hydrogen-bond donors (Lipinski definition) is 2. The van der Waals surface area contributed by atoms with Crippen LogP contribution in [0.3, 0.4) is 0 Å². The smallest absolute Gasteiger partial charge is 0.330 e. The van der Waals surface area contributed by atoms with Crippen molar-refractivity contribution in [3.63, 3.8) is 0 Å². The van der Waals surface area contributed by atoms with E-state index in [2.05, 4.69) is 17.6 Å². The molecule has 2 aliphatic heterocycles. The van der Waals surface area contributed by atoms with Crippen molar-refractivity contribution in [2.75, 3.05) is 5.75 Å². The van der Waals surface area contributed by atoms with Crippen LogP contribution in [0.1, 0.15) is 20.1 Å². The number of aromatic amines is 1. The molecule has 110 valence electrons. The lowest BCUT2D eigenvalue weighted by atomic mass is 10.1. The Morgan fingerprint density at radius 3 is 2.70 bits per heavy atom. The zero-order valence-corrected chi connectivity index (χ0v) is 12.0. The van der Waals surface area contributed by atoms with Gasteiger partial charge in [-0.1, -0.05) is 0 Å². The molecule has 0 amide bonds. The molecule has 0 saturated carbocycles. The highest BCUT2D eigenvalue weighted by molar-refractivity contribution is 7.80. The lowest BCUT2D eigenvalue weighted by Crippen LogP contribution is -2.37. The highest BCUT2D eigenvalue weighted by Gasteiger charge is 2.55. The summed E-state index contributed by atoms with van der Waals surface area (Å²) in [6, 6.07) is 1.27. The van der Waals surface area contributed by atoms with Crippen molar-refractivity contribution in [3.8, 4) is 0 Å². The molecular formula is C12H16N2O5S. The summed E-state index contributed by atoms with van der Waals surface area (Å²) >= 11 is 4.24. The number of thiol groups is 1. The second kappa shape index (κ2) is 4.73. The van der Waals surface area contributed by atoms with Gasteiger partial charge in [0.15, 0.2) is 12.0 Å². The summed E-state index contributed by atoms with van der Waals surface area (Å²) in [4.78, 5) is 25.2. The van der Waals surface area contributed by atoms with Gasteiger partial charge in [0.25, 0.3) is 5.56 Å². The van der Waals surface area contributed by atoms with Crippen molar-refractivity contribution >= 4 is 12.6 Å². The summed E-state index contributed by atoms with van der Waals surface area (Å²) in [5.74, 6) is -0.278. The average molecular weight is 300 g/mol. The topological polar surface area (TPSA) is 82.6 Å². The number of rotatable bonds is 2. The van der Waals surface area contributed by atoms with Gasteiger partial charge in [-0.25, -0.2) is 4.79 Å². The molecule has 1 aromatic rings. The largest absolute Gasteiger partial charge is 0.348 e. The Bertz CT molecular complexity index is 625. The van der Waals surface area contributed by atoms with Gasteiger partial charge in [0, 0.05) is 18.0 Å². The number of nitrogens with zero attached hydrogens (tertiary/aromatic N) is 1. The number of H-pyrrole nitrogens is 1. The minimum Gasteiger partial charge on any atom is -0.348 e. The Balaban J connectivity index is 1.98. The van der Waals surface area contributed by atoms with Crippen LogP contribution in [0.4, 0.5) is 0 Å². The van der Waals surface area contributed by atoms with Crippen molar-refractivity contribution in [2.45, 2.75) is 44.2 Å². The van der Waals surface area contributed by atoms with Crippen LogP contribution in [0.15, 0.2) is 21.9 Å². The Morgan fingerprint density at radius 2 is 2.05 bits per heavy atom. The van der Waals surface area contributed by atoms with Crippen molar-refractivity contribution in [1.82, 2.24) is 9.55 Å². The predicted octanol–water partition coefficient (Wildman–Crippen LogP) is -0.116. The van der Waals surface area contributed by atoms with E-state index in [9.17, 15) is 9.59 Å². The van der Waals surface area contributed by atoms with Gasteiger partial charge in [0.1, 0.15) is 12.2 Å². The molecule has 3 heterocycles. The average Bonchev–Trinajstić information content (AvgIpc) is 2.83. The van der Waals surface area contributed by atoms with Gasteiger partial charge < -0.3 is 14.2 Å². The van der Waals surface area contributed by atoms with E-state index in [4.69, 9.17) is 14.2 Å². The lowest BCUT2D eigenvalue weighted by molar-refractivity contribution is -0.194. The molecule has 0 radical (unpaired) electrons. The Kier molecular flexibility index (Phi) is 3.28. The fourth-order valence-corrected chi connectivity index (χ4v) is 2.95. The van der Waals surface area contributed by atoms with Crippen LogP contribution < -0.4 is 11.2 Å². The molecule has 2 fully saturated rings. The second-order valence-corrected chi connectivity index (χ2v) is 5.69. The van der Waals surface area contributed by atoms with E-state index >= 15 is 0 Å². The highest BCUT2D eigenvalue weighted by atomic mass is 32.1. The van der Waals surface area contributed by atoms with Gasteiger partial charge in [0.2, 0.25) is 0 Å². The van der Waals surface area contributed by atoms with E-state index in [-0.39, 0.29) is 12.2 Å². The standard InChI is InChI=1S/C12H16N2O5S/c1-12(2)18-8-6(5-20)17-10(9(8)19-12)14-4-3-7(15)13-11(14)16/h3-4,6,8-10,20H,5H2,1-2H3,(H,13,15,16)/t6-,8-,9-,10-/m1/s1. The third kappa shape index (κ3) is 2.22. The molecule has 2 aliphatic rings. The maximum atomic E-state index is 11.9. The fraction of sp³-hybridized carbons (Fsp3) is 0.667. The van der Waals surface area contributed by atoms with Gasteiger partial charge in [-0.05, 0) is 13.8 Å². The molecule has 8 heteroatoms. The van der Waals surface area contributed by atoms with Crippen LogP contribution in [-0.2, 0) is 14.2 Å². The number of fused-ring (bicyclic) bond motifs is 1. The molecule has 2 saturated heterocycles. The molecule has 7 nitrogen and oxygen atoms in total. The van der Waals surface area contributed by atoms with E-state index in [0.29, 0.717) is 5.75 Å². The van der Waals surface area contributed by atoms with Gasteiger partial charge in [-0.15, -0.1) is 0 Å². The summed E-state index contributed by atoms with van der Waals surface area (Å²) < 4.78 is 18.7. The number of nitrogens with one attached hydrogen (secondary N) is 1. The van der Waals surface area contributed by atoms with Gasteiger partial charge >= 0.3 is 5.69 Å². The minimum absolute atomic E-state index is 0.270. The first-order valence-electron chi connectivity index (χ1n) is 6.35. The van der Waals surface area contributed by atoms with Crippen molar-refractivity contribution in [3.05, 3.63) is 33.1 Å². The van der Waals surface area contributed by atoms with Crippen LogP contribution in [0, 0.1) is 0 Å². The zero-order valence-electron chi connectivity index (χ0n) is 11.1. The van der Waals surface area contributed by atoms with Crippen LogP contribution in [0.25, 0.3) is 0 Å². The van der Waals surface area contributed by atoms with E-state index in [0.717, 1.165) is 0 Å². The first kappa shape index (κ1) is 13.9. The molecule has 1 aromatic heterocycles. The van der Waals surface area contributed by atoms with Gasteiger partial charge in [-0.2, -0.15) is 12.6 Å². The molecule has 20 heavy (non-hydrogen) atoms. The summed E-state index contributed by atoms with van der Waals surface area (Å²) in [5.41, 5.74) is -0.982. The zero-order chi connectivity index (χ0) is 14.5. The molecule has 0 spiro atoms. The third-order valence-electron chi connectivity index (χ3n) is 3.43. The van der Waals surface area contributed by atoms with Crippen LogP contribution in [-0.4, -0.2) is 39.4 Å². The van der Waals surface area contributed by atoms with Gasteiger partial charge in [0.05, 0.1) is 6.10 Å². The number of ether oxygens (including phenoxy) is 3. The Hall–Kier alpha value is -1.09. The first-order chi connectivity index (χ1) is 9.41. The molecule has 3 rings (SSSR count). The molecule has 4 atom stereocenters. The molecule has 0 aromatic carbocycles. The van der Waals surface area contributed by atoms with Crippen LogP contribution in [0.5, 0.6) is 0 Å². The fourth-order valence-electron chi connectivity index (χ4n) is 2.66. The predicted molar refractivity (Wildman–Crippen MR) is 72.9 cm³/mol. The minimum atomic E-state index is -0.732. The molecular weight excluding hydrogens is 284 g/mol. The monoisotopic (exact) mass is 300 g/mol. The summed E-state index contributed by atoms with van der Waals surface area (Å²) in [5, 5.41) is 0. The summed E-state index contributed by atoms with van der Waals surface area (Å²) in [6.45, 7) is 3.63. The van der Waals surface area contributed by atoms with Crippen molar-refractivity contribution in [2.24, 2.45) is 0 Å². The quantitative estimate of drug-likeness (QED) is 0.744. The van der Waals surface area contributed by atoms with E-state index in [1.165, 1.54) is 16.8 Å². The summed E-state index contributed by atoms with van der Waals surface area (Å²) in [6.07, 6.45) is -0.201. The second-order valence-electron chi connectivity index (χ2n) is 5.33. The molecule has 0 unspecified atom stereocenters. The molecule has 0 bridgehead atoms. The van der Waals surface area contributed by atoms with Crippen LogP contribution >= 0.6 is 12.6 Å². The van der Waals surface area contributed by atoms with E-state index < -0.39 is 29.4 Å². The summed E-state index contributed by atoms with van der Waals surface area (Å²) in [7, 11) is 0. The van der Waals surface area contributed by atoms with E-state index in [1.54, 1.807) is 0 Å². The maximum Gasteiger partial charge on any atom is 0.330 e. The lowest BCUT2D eigenvalue weighted by Gasteiger charge is -2.24. The first-order valence-corrected chi connectivity index (χ1v) is 6.98. The SMILES string of the molecule is CC1(C)O[C@@H]2[C@H](O1)[C@@H](CS)O[C@H]2n1ccc(=O)[nH]c1=O.